The van der Waals surface area contributed by atoms with Crippen LogP contribution in [-0.2, 0) is 4.79 Å². The topological polar surface area (TPSA) is 43.1 Å². The number of nitrogens with zero attached hydrogens (tertiary/aromatic N) is 1. The number of carbonyl (C=O) groups is 1. The Hall–Kier alpha value is -0.860. The van der Waals surface area contributed by atoms with Crippen molar-refractivity contribution in [3.8, 4) is 0 Å². The SMILES string of the molecule is CC(=O)C=[N+]([O-])C(C)C. The van der Waals surface area contributed by atoms with E-state index in [-0.39, 0.29) is 11.8 Å². The standard InChI is InChI=1S/C6H11NO2/c1-5(2)7(9)4-6(3)8/h4-5H,1-3H3. The van der Waals surface area contributed by atoms with E-state index in [0.717, 1.165) is 6.21 Å². The average Bonchev–Trinajstić information content (AvgIpc) is 1.63. The summed E-state index contributed by atoms with van der Waals surface area (Å²) in [6.45, 7) is 4.81. The van der Waals surface area contributed by atoms with E-state index in [9.17, 15) is 10.0 Å². The van der Waals surface area contributed by atoms with Gasteiger partial charge in [0.25, 0.3) is 0 Å². The highest BCUT2D eigenvalue weighted by Crippen LogP contribution is 1.82. The Balaban J connectivity index is 4.00. The van der Waals surface area contributed by atoms with Gasteiger partial charge in [-0.2, -0.15) is 0 Å². The van der Waals surface area contributed by atoms with Gasteiger partial charge in [-0.1, -0.05) is 0 Å². The number of ketones is 1. The minimum absolute atomic E-state index is 0.145. The molecule has 0 saturated carbocycles. The summed E-state index contributed by atoms with van der Waals surface area (Å²) < 4.78 is 0.641. The predicted octanol–water partition coefficient (Wildman–Crippen LogP) is 0.565. The average molecular weight is 129 g/mol. The zero-order chi connectivity index (χ0) is 7.44. The summed E-state index contributed by atoms with van der Waals surface area (Å²) in [6.07, 6.45) is 1.05. The van der Waals surface area contributed by atoms with Crippen LogP contribution in [0.3, 0.4) is 0 Å². The zero-order valence-electron chi connectivity index (χ0n) is 5.92. The van der Waals surface area contributed by atoms with Crippen LogP contribution in [0.1, 0.15) is 20.8 Å². The monoisotopic (exact) mass is 129 g/mol. The molecule has 0 aromatic heterocycles. The first-order valence-electron chi connectivity index (χ1n) is 2.85. The Labute approximate surface area is 54.6 Å². The molecule has 0 atom stereocenters. The molecule has 0 bridgehead atoms. The first-order valence-corrected chi connectivity index (χ1v) is 2.85. The van der Waals surface area contributed by atoms with E-state index in [4.69, 9.17) is 0 Å². The summed E-state index contributed by atoms with van der Waals surface area (Å²) in [4.78, 5) is 10.3. The number of rotatable bonds is 2. The minimum Gasteiger partial charge on any atom is -0.624 e. The van der Waals surface area contributed by atoms with Gasteiger partial charge in [-0.15, -0.1) is 0 Å². The highest BCUT2D eigenvalue weighted by Gasteiger charge is 1.99. The van der Waals surface area contributed by atoms with E-state index in [0.29, 0.717) is 4.74 Å². The van der Waals surface area contributed by atoms with E-state index >= 15 is 0 Å². The molecule has 0 saturated heterocycles. The molecule has 0 spiro atoms. The van der Waals surface area contributed by atoms with Crippen molar-refractivity contribution in [3.05, 3.63) is 5.21 Å². The smallest absolute Gasteiger partial charge is 0.217 e. The number of hydrogen-bond donors (Lipinski definition) is 0. The van der Waals surface area contributed by atoms with Crippen LogP contribution < -0.4 is 0 Å². The maximum absolute atomic E-state index is 10.6. The molecule has 0 unspecified atom stereocenters. The summed E-state index contributed by atoms with van der Waals surface area (Å²) in [5.41, 5.74) is 0. The second-order valence-electron chi connectivity index (χ2n) is 2.19. The van der Waals surface area contributed by atoms with Crippen molar-refractivity contribution >= 4 is 12.0 Å². The lowest BCUT2D eigenvalue weighted by molar-refractivity contribution is -0.486. The van der Waals surface area contributed by atoms with Crippen molar-refractivity contribution in [3.63, 3.8) is 0 Å². The lowest BCUT2D eigenvalue weighted by Gasteiger charge is -2.04. The molecule has 0 aromatic carbocycles. The Bertz CT molecular complexity index is 138. The van der Waals surface area contributed by atoms with Crippen molar-refractivity contribution in [1.82, 2.24) is 0 Å². The highest BCUT2D eigenvalue weighted by molar-refractivity contribution is 6.24. The van der Waals surface area contributed by atoms with Crippen LogP contribution in [-0.4, -0.2) is 22.8 Å². The van der Waals surface area contributed by atoms with Crippen LogP contribution in [0, 0.1) is 5.21 Å². The maximum atomic E-state index is 10.6. The van der Waals surface area contributed by atoms with E-state index in [2.05, 4.69) is 0 Å². The molecular formula is C6H11NO2. The van der Waals surface area contributed by atoms with Crippen LogP contribution in [0.2, 0.25) is 0 Å². The third kappa shape index (κ3) is 3.70. The number of Topliss-reactive ketones (excluding diaryl/α,β-unsaturated/α-hetero) is 1. The van der Waals surface area contributed by atoms with Gasteiger partial charge in [0.05, 0.1) is 0 Å². The molecular weight excluding hydrogens is 118 g/mol. The van der Waals surface area contributed by atoms with E-state index in [1.807, 2.05) is 0 Å². The van der Waals surface area contributed by atoms with Gasteiger partial charge in [0, 0.05) is 6.92 Å². The van der Waals surface area contributed by atoms with Gasteiger partial charge < -0.3 is 5.21 Å². The van der Waals surface area contributed by atoms with Gasteiger partial charge >= 0.3 is 0 Å². The van der Waals surface area contributed by atoms with Gasteiger partial charge in [0.1, 0.15) is 0 Å². The predicted molar refractivity (Wildman–Crippen MR) is 35.5 cm³/mol. The summed E-state index contributed by atoms with van der Waals surface area (Å²) >= 11 is 0. The van der Waals surface area contributed by atoms with Crippen molar-refractivity contribution < 1.29 is 9.53 Å². The van der Waals surface area contributed by atoms with Crippen LogP contribution in [0.4, 0.5) is 0 Å². The molecule has 3 heteroatoms. The molecule has 0 amide bonds. The lowest BCUT2D eigenvalue weighted by Crippen LogP contribution is -2.17. The lowest BCUT2D eigenvalue weighted by atomic mass is 10.4. The van der Waals surface area contributed by atoms with E-state index < -0.39 is 0 Å². The van der Waals surface area contributed by atoms with Gasteiger partial charge in [-0.3, -0.25) is 4.79 Å². The van der Waals surface area contributed by atoms with E-state index in [1.54, 1.807) is 13.8 Å². The molecule has 0 aliphatic heterocycles. The molecule has 0 heterocycles. The number of carbonyl (C=O) groups excluding carboxylic acids is 1. The zero-order valence-corrected chi connectivity index (χ0v) is 5.92. The van der Waals surface area contributed by atoms with Crippen LogP contribution in [0.25, 0.3) is 0 Å². The second kappa shape index (κ2) is 3.22. The van der Waals surface area contributed by atoms with Crippen molar-refractivity contribution in [2.24, 2.45) is 0 Å². The molecule has 52 valence electrons. The fraction of sp³-hybridized carbons (Fsp3) is 0.667. The third-order valence-electron chi connectivity index (χ3n) is 0.818. The molecule has 0 radical (unpaired) electrons. The minimum atomic E-state index is -0.210. The van der Waals surface area contributed by atoms with E-state index in [1.165, 1.54) is 6.92 Å². The van der Waals surface area contributed by atoms with Crippen molar-refractivity contribution in [1.29, 1.82) is 0 Å². The molecule has 9 heavy (non-hydrogen) atoms. The molecule has 0 rings (SSSR count). The quantitative estimate of drug-likeness (QED) is 0.237. The van der Waals surface area contributed by atoms with Gasteiger partial charge in [-0.05, 0) is 13.8 Å². The molecule has 0 fully saturated rings. The molecule has 0 N–H and O–H groups in total. The molecule has 0 aliphatic rings. The first kappa shape index (κ1) is 8.14. The largest absolute Gasteiger partial charge is 0.624 e. The molecule has 0 aromatic rings. The summed E-state index contributed by atoms with van der Waals surface area (Å²) in [7, 11) is 0. The number of hydroxylamine groups is 1. The van der Waals surface area contributed by atoms with Crippen LogP contribution >= 0.6 is 0 Å². The third-order valence-corrected chi connectivity index (χ3v) is 0.818. The summed E-state index contributed by atoms with van der Waals surface area (Å²) in [5.74, 6) is -0.210. The Morgan fingerprint density at radius 3 is 2.22 bits per heavy atom. The van der Waals surface area contributed by atoms with Crippen molar-refractivity contribution in [2.75, 3.05) is 0 Å². The molecule has 3 nitrogen and oxygen atoms in total. The van der Waals surface area contributed by atoms with Crippen molar-refractivity contribution in [2.45, 2.75) is 26.8 Å². The number of hydrogen-bond acceptors (Lipinski definition) is 2. The fourth-order valence-corrected chi connectivity index (χ4v) is 0.328. The summed E-state index contributed by atoms with van der Waals surface area (Å²) in [6, 6.07) is -0.145. The van der Waals surface area contributed by atoms with Crippen LogP contribution in [0.15, 0.2) is 0 Å². The van der Waals surface area contributed by atoms with Gasteiger partial charge in [0.15, 0.2) is 6.04 Å². The molecule has 0 aliphatic carbocycles. The normalized spacial score (nSPS) is 12.2. The van der Waals surface area contributed by atoms with Gasteiger partial charge in [0.2, 0.25) is 12.0 Å². The summed E-state index contributed by atoms with van der Waals surface area (Å²) in [5, 5.41) is 10.6. The highest BCUT2D eigenvalue weighted by atomic mass is 16.5. The van der Waals surface area contributed by atoms with Crippen LogP contribution in [0.5, 0.6) is 0 Å². The first-order chi connectivity index (χ1) is 4.04. The fourth-order valence-electron chi connectivity index (χ4n) is 0.328. The Kier molecular flexibility index (Phi) is 2.91. The maximum Gasteiger partial charge on any atom is 0.217 e. The second-order valence-corrected chi connectivity index (χ2v) is 2.19. The Morgan fingerprint density at radius 1 is 1.67 bits per heavy atom. The Morgan fingerprint density at radius 2 is 2.11 bits per heavy atom. The van der Waals surface area contributed by atoms with Gasteiger partial charge in [-0.25, -0.2) is 4.74 Å².